The van der Waals surface area contributed by atoms with Gasteiger partial charge in [-0.3, -0.25) is 14.2 Å². The van der Waals surface area contributed by atoms with Gasteiger partial charge in [0, 0.05) is 11.7 Å². The van der Waals surface area contributed by atoms with Crippen LogP contribution in [0.15, 0.2) is 45.2 Å². The number of benzene rings is 1. The standard InChI is InChI=1S/C17H18N2O3S2/c1-10-9-13-14(23-10)15(20)19(12-7-5-4-6-8-12)17(18-13)24-11(2)16(21)22-3/h4-8,10-11H,9H2,1-3H3/t10-,11+/m1/s1. The van der Waals surface area contributed by atoms with E-state index in [9.17, 15) is 9.59 Å². The van der Waals surface area contributed by atoms with Gasteiger partial charge in [0.15, 0.2) is 5.16 Å². The molecule has 24 heavy (non-hydrogen) atoms. The third-order valence-corrected chi connectivity index (χ3v) is 5.96. The van der Waals surface area contributed by atoms with E-state index in [2.05, 4.69) is 6.92 Å². The average molecular weight is 362 g/mol. The highest BCUT2D eigenvalue weighted by atomic mass is 32.2. The van der Waals surface area contributed by atoms with Gasteiger partial charge in [-0.1, -0.05) is 36.9 Å². The van der Waals surface area contributed by atoms with E-state index in [1.807, 2.05) is 30.3 Å². The van der Waals surface area contributed by atoms with Crippen LogP contribution in [0.1, 0.15) is 19.5 Å². The Balaban J connectivity index is 2.13. The first-order chi connectivity index (χ1) is 11.5. The maximum atomic E-state index is 13.0. The first kappa shape index (κ1) is 17.1. The maximum absolute atomic E-state index is 13.0. The van der Waals surface area contributed by atoms with Crippen LogP contribution in [-0.4, -0.2) is 33.1 Å². The number of carbonyl (C=O) groups is 1. The van der Waals surface area contributed by atoms with Gasteiger partial charge in [0.05, 0.1) is 23.4 Å². The molecule has 1 aromatic carbocycles. The molecule has 5 nitrogen and oxygen atoms in total. The zero-order valence-electron chi connectivity index (χ0n) is 13.7. The molecule has 0 amide bonds. The van der Waals surface area contributed by atoms with Gasteiger partial charge >= 0.3 is 5.97 Å². The second-order valence-corrected chi connectivity index (χ2v) is 8.32. The first-order valence-electron chi connectivity index (χ1n) is 7.63. The molecule has 126 valence electrons. The molecule has 1 aromatic heterocycles. The Morgan fingerprint density at radius 1 is 1.42 bits per heavy atom. The van der Waals surface area contributed by atoms with E-state index in [0.29, 0.717) is 15.3 Å². The Bertz CT molecular complexity index is 821. The van der Waals surface area contributed by atoms with Gasteiger partial charge in [-0.15, -0.1) is 11.8 Å². The lowest BCUT2D eigenvalue weighted by Crippen LogP contribution is -2.25. The summed E-state index contributed by atoms with van der Waals surface area (Å²) in [4.78, 5) is 30.2. The molecule has 2 atom stereocenters. The van der Waals surface area contributed by atoms with Crippen molar-refractivity contribution in [3.05, 3.63) is 46.4 Å². The van der Waals surface area contributed by atoms with Crippen molar-refractivity contribution in [2.24, 2.45) is 0 Å². The number of ether oxygens (including phenoxy) is 1. The molecule has 0 N–H and O–H groups in total. The largest absolute Gasteiger partial charge is 0.468 e. The molecule has 0 unspecified atom stereocenters. The van der Waals surface area contributed by atoms with Gasteiger partial charge in [0.2, 0.25) is 0 Å². The summed E-state index contributed by atoms with van der Waals surface area (Å²) < 4.78 is 6.38. The molecule has 0 aliphatic carbocycles. The van der Waals surface area contributed by atoms with Crippen LogP contribution in [0.3, 0.4) is 0 Å². The molecule has 0 fully saturated rings. The second-order valence-electron chi connectivity index (χ2n) is 5.56. The van der Waals surface area contributed by atoms with Crippen LogP contribution in [0.5, 0.6) is 0 Å². The molecule has 1 aliphatic heterocycles. The summed E-state index contributed by atoms with van der Waals surface area (Å²) in [5, 5.41) is 0.418. The number of carbonyl (C=O) groups excluding carboxylic acids is 1. The lowest BCUT2D eigenvalue weighted by atomic mass is 10.2. The SMILES string of the molecule is COC(=O)[C@H](C)Sc1nc2c(c(=O)n1-c1ccccc1)S[C@H](C)C2. The minimum absolute atomic E-state index is 0.0693. The molecule has 2 heterocycles. The predicted molar refractivity (Wildman–Crippen MR) is 96.2 cm³/mol. The molecule has 0 radical (unpaired) electrons. The van der Waals surface area contributed by atoms with Crippen LogP contribution in [0.2, 0.25) is 0 Å². The molecule has 3 rings (SSSR count). The summed E-state index contributed by atoms with van der Waals surface area (Å²) in [5.41, 5.74) is 1.50. The van der Waals surface area contributed by atoms with Crippen LogP contribution in [0.25, 0.3) is 5.69 Å². The number of methoxy groups -OCH3 is 1. The Morgan fingerprint density at radius 2 is 2.12 bits per heavy atom. The van der Waals surface area contributed by atoms with Crippen LogP contribution in [0, 0.1) is 0 Å². The van der Waals surface area contributed by atoms with Crippen LogP contribution in [0.4, 0.5) is 0 Å². The average Bonchev–Trinajstić information content (AvgIpc) is 2.95. The highest BCUT2D eigenvalue weighted by Gasteiger charge is 2.28. The number of nitrogens with zero attached hydrogens (tertiary/aromatic N) is 2. The summed E-state index contributed by atoms with van der Waals surface area (Å²) in [7, 11) is 1.36. The van der Waals surface area contributed by atoms with Gasteiger partial charge in [0.1, 0.15) is 5.25 Å². The number of esters is 1. The highest BCUT2D eigenvalue weighted by Crippen LogP contribution is 2.35. The molecule has 7 heteroatoms. The zero-order chi connectivity index (χ0) is 17.3. The van der Waals surface area contributed by atoms with Gasteiger partial charge in [-0.2, -0.15) is 0 Å². The van der Waals surface area contributed by atoms with Crippen molar-refractivity contribution in [3.8, 4) is 5.69 Å². The normalized spacial score (nSPS) is 17.4. The molecule has 0 bridgehead atoms. The molecule has 0 saturated heterocycles. The van der Waals surface area contributed by atoms with E-state index >= 15 is 0 Å². The lowest BCUT2D eigenvalue weighted by Gasteiger charge is -2.15. The Kier molecular flexibility index (Phi) is 5.01. The van der Waals surface area contributed by atoms with Crippen LogP contribution < -0.4 is 5.56 Å². The van der Waals surface area contributed by atoms with Crippen molar-refractivity contribution in [2.75, 3.05) is 7.11 Å². The van der Waals surface area contributed by atoms with E-state index in [4.69, 9.17) is 9.72 Å². The van der Waals surface area contributed by atoms with Crippen LogP contribution >= 0.6 is 23.5 Å². The number of aromatic nitrogens is 2. The fraction of sp³-hybridized carbons (Fsp3) is 0.353. The van der Waals surface area contributed by atoms with Gasteiger partial charge in [-0.05, 0) is 19.1 Å². The first-order valence-corrected chi connectivity index (χ1v) is 9.39. The van der Waals surface area contributed by atoms with E-state index in [-0.39, 0.29) is 11.5 Å². The van der Waals surface area contributed by atoms with Crippen LogP contribution in [-0.2, 0) is 16.0 Å². The minimum Gasteiger partial charge on any atom is -0.468 e. The van der Waals surface area contributed by atoms with Gasteiger partial charge in [-0.25, -0.2) is 4.98 Å². The topological polar surface area (TPSA) is 61.2 Å². The monoisotopic (exact) mass is 362 g/mol. The molecular formula is C17H18N2O3S2. The molecule has 0 saturated carbocycles. The van der Waals surface area contributed by atoms with E-state index < -0.39 is 5.25 Å². The smallest absolute Gasteiger partial charge is 0.318 e. The summed E-state index contributed by atoms with van der Waals surface area (Å²) in [6.07, 6.45) is 0.769. The third kappa shape index (κ3) is 3.23. The Labute approximate surface area is 148 Å². The van der Waals surface area contributed by atoms with Crippen molar-refractivity contribution >= 4 is 29.5 Å². The number of hydrogen-bond donors (Lipinski definition) is 0. The fourth-order valence-corrected chi connectivity index (χ4v) is 4.62. The highest BCUT2D eigenvalue weighted by molar-refractivity contribution is 8.00. The summed E-state index contributed by atoms with van der Waals surface area (Å²) >= 11 is 2.82. The predicted octanol–water partition coefficient (Wildman–Crippen LogP) is 2.92. The number of fused-ring (bicyclic) bond motifs is 1. The van der Waals surface area contributed by atoms with Crippen molar-refractivity contribution in [1.29, 1.82) is 0 Å². The third-order valence-electron chi connectivity index (χ3n) is 3.71. The van der Waals surface area contributed by atoms with E-state index in [0.717, 1.165) is 17.8 Å². The van der Waals surface area contributed by atoms with Gasteiger partial charge < -0.3 is 4.74 Å². The lowest BCUT2D eigenvalue weighted by molar-refractivity contribution is -0.139. The number of thioether (sulfide) groups is 2. The van der Waals surface area contributed by atoms with Crippen molar-refractivity contribution in [2.45, 2.75) is 40.8 Å². The number of hydrogen-bond acceptors (Lipinski definition) is 6. The molecule has 0 spiro atoms. The summed E-state index contributed by atoms with van der Waals surface area (Å²) in [6.45, 7) is 3.84. The Morgan fingerprint density at radius 3 is 2.79 bits per heavy atom. The zero-order valence-corrected chi connectivity index (χ0v) is 15.3. The molecular weight excluding hydrogens is 344 g/mol. The number of para-hydroxylation sites is 1. The van der Waals surface area contributed by atoms with E-state index in [1.165, 1.54) is 18.9 Å². The molecule has 1 aliphatic rings. The van der Waals surface area contributed by atoms with Crippen molar-refractivity contribution in [1.82, 2.24) is 9.55 Å². The summed E-state index contributed by atoms with van der Waals surface area (Å²) in [5.74, 6) is -0.336. The molecule has 2 aromatic rings. The van der Waals surface area contributed by atoms with Gasteiger partial charge in [0.25, 0.3) is 5.56 Å². The Hall–Kier alpha value is -1.73. The minimum atomic E-state index is -0.443. The van der Waals surface area contributed by atoms with Crippen molar-refractivity contribution < 1.29 is 9.53 Å². The number of rotatable bonds is 4. The summed E-state index contributed by atoms with van der Waals surface area (Å²) in [6, 6.07) is 9.39. The second kappa shape index (κ2) is 7.03. The van der Waals surface area contributed by atoms with E-state index in [1.54, 1.807) is 23.3 Å². The maximum Gasteiger partial charge on any atom is 0.318 e. The quantitative estimate of drug-likeness (QED) is 0.473. The fourth-order valence-electron chi connectivity index (χ4n) is 2.56. The van der Waals surface area contributed by atoms with Crippen molar-refractivity contribution in [3.63, 3.8) is 0 Å².